The maximum absolute atomic E-state index is 5.85. The lowest BCUT2D eigenvalue weighted by Gasteiger charge is -2.13. The van der Waals surface area contributed by atoms with E-state index < -0.39 is 0 Å². The quantitative estimate of drug-likeness (QED) is 0.859. The number of thioether (sulfide) groups is 1. The third kappa shape index (κ3) is 2.09. The molecule has 1 aliphatic rings. The van der Waals surface area contributed by atoms with Crippen LogP contribution in [0.25, 0.3) is 11.0 Å². The van der Waals surface area contributed by atoms with Gasteiger partial charge in [-0.2, -0.15) is 11.8 Å². The van der Waals surface area contributed by atoms with E-state index in [0.29, 0.717) is 11.2 Å². The fourth-order valence-electron chi connectivity index (χ4n) is 2.34. The van der Waals surface area contributed by atoms with Gasteiger partial charge in [0.2, 0.25) is 0 Å². The zero-order valence-electron chi connectivity index (χ0n) is 10.9. The van der Waals surface area contributed by atoms with E-state index in [4.69, 9.17) is 10.7 Å². The number of nitrogen functional groups attached to an aromatic ring is 1. The average molecular weight is 261 g/mol. The summed E-state index contributed by atoms with van der Waals surface area (Å²) in [6, 6.07) is 6.07. The van der Waals surface area contributed by atoms with Gasteiger partial charge in [-0.05, 0) is 37.3 Å². The second kappa shape index (κ2) is 4.50. The number of imidazole rings is 1. The minimum Gasteiger partial charge on any atom is -0.399 e. The number of hydrogen-bond donors (Lipinski definition) is 1. The second-order valence-corrected chi connectivity index (χ2v) is 6.43. The largest absolute Gasteiger partial charge is 0.399 e. The first-order valence-electron chi connectivity index (χ1n) is 6.47. The summed E-state index contributed by atoms with van der Waals surface area (Å²) < 4.78 is 2.40. The molecule has 3 nitrogen and oxygen atoms in total. The van der Waals surface area contributed by atoms with Crippen molar-refractivity contribution in [2.24, 2.45) is 0 Å². The van der Waals surface area contributed by atoms with Crippen molar-refractivity contribution in [3.8, 4) is 0 Å². The van der Waals surface area contributed by atoms with Crippen LogP contribution in [-0.2, 0) is 6.54 Å². The maximum Gasteiger partial charge on any atom is 0.113 e. The Hall–Kier alpha value is -1.16. The Balaban J connectivity index is 2.09. The molecule has 0 amide bonds. The van der Waals surface area contributed by atoms with Crippen LogP contribution < -0.4 is 5.73 Å². The summed E-state index contributed by atoms with van der Waals surface area (Å²) in [7, 11) is 0. The first-order chi connectivity index (χ1) is 8.69. The Bertz CT molecular complexity index is 572. The summed E-state index contributed by atoms with van der Waals surface area (Å²) in [5, 5.41) is 0.609. The van der Waals surface area contributed by atoms with Crippen molar-refractivity contribution in [2.45, 2.75) is 37.5 Å². The van der Waals surface area contributed by atoms with Crippen LogP contribution in [0.4, 0.5) is 5.69 Å². The van der Waals surface area contributed by atoms with Gasteiger partial charge >= 0.3 is 0 Å². The number of nitrogens with zero attached hydrogens (tertiary/aromatic N) is 2. The van der Waals surface area contributed by atoms with Gasteiger partial charge in [-0.1, -0.05) is 6.92 Å². The smallest absolute Gasteiger partial charge is 0.113 e. The third-order valence-corrected chi connectivity index (χ3v) is 4.54. The van der Waals surface area contributed by atoms with E-state index in [2.05, 4.69) is 23.8 Å². The van der Waals surface area contributed by atoms with Crippen LogP contribution in [0.3, 0.4) is 0 Å². The Kier molecular flexibility index (Phi) is 2.98. The van der Waals surface area contributed by atoms with Gasteiger partial charge in [0.15, 0.2) is 0 Å². The second-order valence-electron chi connectivity index (χ2n) is 5.15. The maximum atomic E-state index is 5.85. The van der Waals surface area contributed by atoms with Crippen molar-refractivity contribution in [2.75, 3.05) is 12.0 Å². The summed E-state index contributed by atoms with van der Waals surface area (Å²) in [5.41, 5.74) is 8.92. The molecule has 1 aliphatic carbocycles. The topological polar surface area (TPSA) is 43.8 Å². The minimum absolute atomic E-state index is 0.609. The molecule has 1 aromatic carbocycles. The molecular formula is C14H19N3S. The van der Waals surface area contributed by atoms with Gasteiger partial charge in [-0.15, -0.1) is 0 Å². The molecule has 0 saturated heterocycles. The van der Waals surface area contributed by atoms with Crippen LogP contribution in [0, 0.1) is 0 Å². The molecule has 2 aromatic rings. The fraction of sp³-hybridized carbons (Fsp3) is 0.500. The number of aromatic nitrogens is 2. The van der Waals surface area contributed by atoms with Crippen LogP contribution >= 0.6 is 11.8 Å². The highest BCUT2D eigenvalue weighted by atomic mass is 32.2. The SMILES string of the molecule is CSC(C)Cn1c(C2CC2)nc2cc(N)ccc21. The minimum atomic E-state index is 0.609. The lowest BCUT2D eigenvalue weighted by molar-refractivity contribution is 0.667. The van der Waals surface area contributed by atoms with Crippen molar-refractivity contribution < 1.29 is 0 Å². The lowest BCUT2D eigenvalue weighted by atomic mass is 10.3. The number of nitrogens with two attached hydrogens (primary N) is 1. The van der Waals surface area contributed by atoms with Gasteiger partial charge < -0.3 is 10.3 Å². The van der Waals surface area contributed by atoms with Crippen LogP contribution in [0.1, 0.15) is 31.5 Å². The zero-order chi connectivity index (χ0) is 12.7. The highest BCUT2D eigenvalue weighted by molar-refractivity contribution is 7.99. The van der Waals surface area contributed by atoms with Crippen molar-refractivity contribution in [1.82, 2.24) is 9.55 Å². The molecule has 0 radical (unpaired) electrons. The van der Waals surface area contributed by atoms with E-state index >= 15 is 0 Å². The average Bonchev–Trinajstić information content (AvgIpc) is 3.14. The molecule has 4 heteroatoms. The molecule has 1 fully saturated rings. The summed E-state index contributed by atoms with van der Waals surface area (Å²) >= 11 is 1.90. The molecule has 1 saturated carbocycles. The fourth-order valence-corrected chi connectivity index (χ4v) is 2.64. The van der Waals surface area contributed by atoms with Gasteiger partial charge in [0.25, 0.3) is 0 Å². The summed E-state index contributed by atoms with van der Waals surface area (Å²) in [4.78, 5) is 4.80. The first-order valence-corrected chi connectivity index (χ1v) is 7.76. The predicted molar refractivity (Wildman–Crippen MR) is 79.1 cm³/mol. The highest BCUT2D eigenvalue weighted by Crippen LogP contribution is 2.41. The Morgan fingerprint density at radius 3 is 2.94 bits per heavy atom. The number of anilines is 1. The molecule has 1 aromatic heterocycles. The van der Waals surface area contributed by atoms with E-state index in [1.165, 1.54) is 24.2 Å². The normalized spacial score (nSPS) is 17.2. The molecule has 0 aliphatic heterocycles. The molecule has 2 N–H and O–H groups in total. The molecule has 18 heavy (non-hydrogen) atoms. The summed E-state index contributed by atoms with van der Waals surface area (Å²) in [5.74, 6) is 1.93. The van der Waals surface area contributed by atoms with Gasteiger partial charge in [0.1, 0.15) is 5.82 Å². The number of benzene rings is 1. The number of rotatable bonds is 4. The van der Waals surface area contributed by atoms with E-state index in [0.717, 1.165) is 17.7 Å². The third-order valence-electron chi connectivity index (χ3n) is 3.59. The van der Waals surface area contributed by atoms with Crippen molar-refractivity contribution >= 4 is 28.5 Å². The van der Waals surface area contributed by atoms with Crippen molar-refractivity contribution in [3.63, 3.8) is 0 Å². The molecule has 0 spiro atoms. The molecule has 1 atom stereocenters. The van der Waals surface area contributed by atoms with E-state index in [1.807, 2.05) is 23.9 Å². The first kappa shape index (κ1) is 11.9. The molecule has 1 heterocycles. The monoisotopic (exact) mass is 261 g/mol. The van der Waals surface area contributed by atoms with Crippen LogP contribution in [0.2, 0.25) is 0 Å². The Labute approximate surface area is 112 Å². The van der Waals surface area contributed by atoms with Crippen LogP contribution in [0.5, 0.6) is 0 Å². The Morgan fingerprint density at radius 2 is 2.28 bits per heavy atom. The Morgan fingerprint density at radius 1 is 1.50 bits per heavy atom. The molecule has 3 rings (SSSR count). The summed E-state index contributed by atoms with van der Waals surface area (Å²) in [6.45, 7) is 3.30. The summed E-state index contributed by atoms with van der Waals surface area (Å²) in [6.07, 6.45) is 4.73. The van der Waals surface area contributed by atoms with E-state index in [-0.39, 0.29) is 0 Å². The molecule has 1 unspecified atom stereocenters. The standard InChI is InChI=1S/C14H19N3S/c1-9(18-2)8-17-13-6-5-11(15)7-12(13)16-14(17)10-3-4-10/h5-7,9-10H,3-4,8,15H2,1-2H3. The zero-order valence-corrected chi connectivity index (χ0v) is 11.7. The highest BCUT2D eigenvalue weighted by Gasteiger charge is 2.29. The predicted octanol–water partition coefficient (Wildman–Crippen LogP) is 3.25. The van der Waals surface area contributed by atoms with Crippen molar-refractivity contribution in [1.29, 1.82) is 0 Å². The van der Waals surface area contributed by atoms with Gasteiger partial charge in [-0.3, -0.25) is 0 Å². The molecule has 96 valence electrons. The lowest BCUT2D eigenvalue weighted by Crippen LogP contribution is -2.11. The van der Waals surface area contributed by atoms with E-state index in [9.17, 15) is 0 Å². The molecular weight excluding hydrogens is 242 g/mol. The number of hydrogen-bond acceptors (Lipinski definition) is 3. The van der Waals surface area contributed by atoms with Crippen LogP contribution in [-0.4, -0.2) is 21.1 Å². The van der Waals surface area contributed by atoms with Crippen molar-refractivity contribution in [3.05, 3.63) is 24.0 Å². The van der Waals surface area contributed by atoms with Crippen LogP contribution in [0.15, 0.2) is 18.2 Å². The van der Waals surface area contributed by atoms with E-state index in [1.54, 1.807) is 0 Å². The van der Waals surface area contributed by atoms with Gasteiger partial charge in [0, 0.05) is 23.4 Å². The number of fused-ring (bicyclic) bond motifs is 1. The molecule has 0 bridgehead atoms. The van der Waals surface area contributed by atoms with Gasteiger partial charge in [0.05, 0.1) is 11.0 Å². The van der Waals surface area contributed by atoms with Gasteiger partial charge in [-0.25, -0.2) is 4.98 Å².